The number of pyridine rings is 1. The van der Waals surface area contributed by atoms with Crippen LogP contribution < -0.4 is 10.6 Å². The zero-order valence-electron chi connectivity index (χ0n) is 18.4. The molecule has 1 heterocycles. The molecule has 3 aromatic rings. The molecule has 0 saturated carbocycles. The number of carbonyl (C=O) groups excluding carboxylic acids is 1. The van der Waals surface area contributed by atoms with Gasteiger partial charge in [0, 0.05) is 24.2 Å². The summed E-state index contributed by atoms with van der Waals surface area (Å²) in [6.45, 7) is 12.0. The van der Waals surface area contributed by atoms with E-state index in [0.29, 0.717) is 23.8 Å². The number of amides is 1. The molecule has 2 N–H and O–H groups in total. The van der Waals surface area contributed by atoms with Gasteiger partial charge < -0.3 is 15.5 Å². The molecule has 2 aromatic carbocycles. The number of likely N-dealkylation sites (N-methyl/N-ethyl adjacent to an activating group) is 1. The number of para-hydroxylation sites is 1. The lowest BCUT2D eigenvalue weighted by molar-refractivity contribution is 0.0950. The first-order chi connectivity index (χ1) is 14.5. The van der Waals surface area contributed by atoms with Crippen LogP contribution >= 0.6 is 0 Å². The molecule has 0 aliphatic carbocycles. The van der Waals surface area contributed by atoms with E-state index in [4.69, 9.17) is 4.98 Å². The zero-order valence-corrected chi connectivity index (χ0v) is 18.4. The van der Waals surface area contributed by atoms with Crippen molar-refractivity contribution in [3.8, 4) is 0 Å². The summed E-state index contributed by atoms with van der Waals surface area (Å²) in [6, 6.07) is 18.0. The Labute approximate surface area is 179 Å². The standard InChI is InChI=1S/C25H32N4O/c1-5-29(6-2)16-15-26-25(30)22-17-24(28-23-10-8-7-9-21(22)23)27-20-13-11-19(12-14-20)18(3)4/h7-14,17-18H,5-6,15-16H2,1-4H3,(H,26,30)(H,27,28). The number of nitrogens with one attached hydrogen (secondary N) is 2. The van der Waals surface area contributed by atoms with Crippen LogP contribution in [0.25, 0.3) is 10.9 Å². The summed E-state index contributed by atoms with van der Waals surface area (Å²) in [6.07, 6.45) is 0. The van der Waals surface area contributed by atoms with Crippen LogP contribution in [0.15, 0.2) is 54.6 Å². The molecule has 1 aromatic heterocycles. The van der Waals surface area contributed by atoms with Gasteiger partial charge in [0.25, 0.3) is 5.91 Å². The smallest absolute Gasteiger partial charge is 0.252 e. The lowest BCUT2D eigenvalue weighted by Gasteiger charge is -2.18. The zero-order chi connectivity index (χ0) is 21.5. The molecule has 5 heteroatoms. The highest BCUT2D eigenvalue weighted by atomic mass is 16.1. The normalized spacial score (nSPS) is 11.3. The van der Waals surface area contributed by atoms with Crippen molar-refractivity contribution in [3.63, 3.8) is 0 Å². The number of carbonyl (C=O) groups is 1. The van der Waals surface area contributed by atoms with Crippen molar-refractivity contribution < 1.29 is 4.79 Å². The van der Waals surface area contributed by atoms with E-state index >= 15 is 0 Å². The largest absolute Gasteiger partial charge is 0.351 e. The molecule has 5 nitrogen and oxygen atoms in total. The highest BCUT2D eigenvalue weighted by molar-refractivity contribution is 6.07. The van der Waals surface area contributed by atoms with Gasteiger partial charge in [0.1, 0.15) is 5.82 Å². The van der Waals surface area contributed by atoms with Gasteiger partial charge in [-0.3, -0.25) is 4.79 Å². The van der Waals surface area contributed by atoms with Gasteiger partial charge >= 0.3 is 0 Å². The minimum absolute atomic E-state index is 0.0704. The van der Waals surface area contributed by atoms with E-state index in [1.807, 2.05) is 30.3 Å². The fraction of sp³-hybridized carbons (Fsp3) is 0.360. The van der Waals surface area contributed by atoms with E-state index < -0.39 is 0 Å². The Bertz CT molecular complexity index is 978. The predicted octanol–water partition coefficient (Wildman–Crippen LogP) is 5.17. The maximum absolute atomic E-state index is 13.0. The van der Waals surface area contributed by atoms with E-state index in [1.54, 1.807) is 0 Å². The lowest BCUT2D eigenvalue weighted by atomic mass is 10.0. The van der Waals surface area contributed by atoms with Crippen LogP contribution in [0.1, 0.15) is 49.5 Å². The Kier molecular flexibility index (Phi) is 7.41. The van der Waals surface area contributed by atoms with E-state index in [-0.39, 0.29) is 5.91 Å². The molecule has 3 rings (SSSR count). The predicted molar refractivity (Wildman–Crippen MR) is 126 cm³/mol. The molecule has 0 spiro atoms. The number of hydrogen-bond acceptors (Lipinski definition) is 4. The Balaban J connectivity index is 1.82. The van der Waals surface area contributed by atoms with Crippen molar-refractivity contribution in [2.24, 2.45) is 0 Å². The summed E-state index contributed by atoms with van der Waals surface area (Å²) >= 11 is 0. The van der Waals surface area contributed by atoms with Crippen molar-refractivity contribution >= 4 is 28.3 Å². The quantitative estimate of drug-likeness (QED) is 0.516. The highest BCUT2D eigenvalue weighted by Gasteiger charge is 2.13. The monoisotopic (exact) mass is 404 g/mol. The number of hydrogen-bond donors (Lipinski definition) is 2. The van der Waals surface area contributed by atoms with Crippen LogP contribution in [-0.4, -0.2) is 42.0 Å². The minimum atomic E-state index is -0.0704. The third kappa shape index (κ3) is 5.36. The van der Waals surface area contributed by atoms with E-state index in [1.165, 1.54) is 5.56 Å². The van der Waals surface area contributed by atoms with Gasteiger partial charge in [-0.2, -0.15) is 0 Å². The third-order valence-corrected chi connectivity index (χ3v) is 5.42. The second kappa shape index (κ2) is 10.2. The van der Waals surface area contributed by atoms with Crippen LogP contribution in [0, 0.1) is 0 Å². The van der Waals surface area contributed by atoms with Gasteiger partial charge in [0.15, 0.2) is 0 Å². The minimum Gasteiger partial charge on any atom is -0.351 e. The molecule has 0 unspecified atom stereocenters. The fourth-order valence-corrected chi connectivity index (χ4v) is 3.49. The third-order valence-electron chi connectivity index (χ3n) is 5.42. The SMILES string of the molecule is CCN(CC)CCNC(=O)c1cc(Nc2ccc(C(C)C)cc2)nc2ccccc12. The molecule has 0 atom stereocenters. The average Bonchev–Trinajstić information content (AvgIpc) is 2.76. The first-order valence-electron chi connectivity index (χ1n) is 10.8. The number of rotatable bonds is 9. The molecule has 0 aliphatic rings. The summed E-state index contributed by atoms with van der Waals surface area (Å²) in [5, 5.41) is 7.28. The summed E-state index contributed by atoms with van der Waals surface area (Å²) in [7, 11) is 0. The van der Waals surface area contributed by atoms with E-state index in [9.17, 15) is 4.79 Å². The van der Waals surface area contributed by atoms with Crippen LogP contribution in [0.5, 0.6) is 0 Å². The Morgan fingerprint density at radius 2 is 1.73 bits per heavy atom. The van der Waals surface area contributed by atoms with Gasteiger partial charge in [-0.25, -0.2) is 4.98 Å². The molecule has 1 amide bonds. The number of benzene rings is 2. The molecule has 30 heavy (non-hydrogen) atoms. The number of anilines is 2. The summed E-state index contributed by atoms with van der Waals surface area (Å²) in [5.41, 5.74) is 3.69. The van der Waals surface area contributed by atoms with E-state index in [0.717, 1.165) is 36.2 Å². The molecular weight excluding hydrogens is 372 g/mol. The van der Waals surface area contributed by atoms with Crippen LogP contribution in [-0.2, 0) is 0 Å². The Morgan fingerprint density at radius 3 is 2.40 bits per heavy atom. The molecule has 158 valence electrons. The number of nitrogens with zero attached hydrogens (tertiary/aromatic N) is 2. The van der Waals surface area contributed by atoms with Gasteiger partial charge in [0.05, 0.1) is 11.1 Å². The summed E-state index contributed by atoms with van der Waals surface area (Å²) in [4.78, 5) is 20.0. The first kappa shape index (κ1) is 21.8. The maximum Gasteiger partial charge on any atom is 0.252 e. The summed E-state index contributed by atoms with van der Waals surface area (Å²) < 4.78 is 0. The second-order valence-electron chi connectivity index (χ2n) is 7.76. The Morgan fingerprint density at radius 1 is 1.03 bits per heavy atom. The van der Waals surface area contributed by atoms with E-state index in [2.05, 4.69) is 67.5 Å². The molecule has 0 bridgehead atoms. The number of fused-ring (bicyclic) bond motifs is 1. The van der Waals surface area contributed by atoms with Crippen LogP contribution in [0.2, 0.25) is 0 Å². The molecule has 0 aliphatic heterocycles. The maximum atomic E-state index is 13.0. The van der Waals surface area contributed by atoms with Crippen molar-refractivity contribution in [3.05, 3.63) is 65.7 Å². The lowest BCUT2D eigenvalue weighted by Crippen LogP contribution is -2.34. The Hall–Kier alpha value is -2.92. The van der Waals surface area contributed by atoms with Gasteiger partial charge in [-0.05, 0) is 48.8 Å². The fourth-order valence-electron chi connectivity index (χ4n) is 3.49. The van der Waals surface area contributed by atoms with Crippen LogP contribution in [0.3, 0.4) is 0 Å². The molecular formula is C25H32N4O. The van der Waals surface area contributed by atoms with Gasteiger partial charge in [0.2, 0.25) is 0 Å². The number of aromatic nitrogens is 1. The first-order valence-corrected chi connectivity index (χ1v) is 10.8. The van der Waals surface area contributed by atoms with Crippen molar-refractivity contribution in [2.45, 2.75) is 33.6 Å². The second-order valence-corrected chi connectivity index (χ2v) is 7.76. The van der Waals surface area contributed by atoms with Crippen molar-refractivity contribution in [1.82, 2.24) is 15.2 Å². The topological polar surface area (TPSA) is 57.3 Å². The van der Waals surface area contributed by atoms with Gasteiger partial charge in [-0.1, -0.05) is 58.0 Å². The highest BCUT2D eigenvalue weighted by Crippen LogP contribution is 2.24. The average molecular weight is 405 g/mol. The molecule has 0 saturated heterocycles. The van der Waals surface area contributed by atoms with Crippen molar-refractivity contribution in [1.29, 1.82) is 0 Å². The molecule has 0 fully saturated rings. The molecule has 0 radical (unpaired) electrons. The van der Waals surface area contributed by atoms with Crippen LogP contribution in [0.4, 0.5) is 11.5 Å². The van der Waals surface area contributed by atoms with Crippen molar-refractivity contribution in [2.75, 3.05) is 31.5 Å². The van der Waals surface area contributed by atoms with Gasteiger partial charge in [-0.15, -0.1) is 0 Å². The summed E-state index contributed by atoms with van der Waals surface area (Å²) in [5.74, 6) is 1.09.